The highest BCUT2D eigenvalue weighted by molar-refractivity contribution is 5.54. The lowest BCUT2D eigenvalue weighted by molar-refractivity contribution is 0.441. The molecule has 104 valence electrons. The second-order valence-corrected chi connectivity index (χ2v) is 6.82. The first kappa shape index (κ1) is 15.6. The van der Waals surface area contributed by atoms with Crippen molar-refractivity contribution in [1.82, 2.24) is 0 Å². The molecule has 2 nitrogen and oxygen atoms in total. The third kappa shape index (κ3) is 4.95. The van der Waals surface area contributed by atoms with Gasteiger partial charge in [0.05, 0.1) is 11.5 Å². The highest BCUT2D eigenvalue weighted by Crippen LogP contribution is 2.29. The van der Waals surface area contributed by atoms with Gasteiger partial charge in [0.25, 0.3) is 0 Å². The van der Waals surface area contributed by atoms with Crippen LogP contribution in [0.5, 0.6) is 0 Å². The van der Waals surface area contributed by atoms with Gasteiger partial charge in [0.1, 0.15) is 0 Å². The first-order chi connectivity index (χ1) is 8.76. The summed E-state index contributed by atoms with van der Waals surface area (Å²) in [5.74, 6) is 0. The maximum atomic E-state index is 8.99. The summed E-state index contributed by atoms with van der Waals surface area (Å²) < 4.78 is 0. The van der Waals surface area contributed by atoms with Gasteiger partial charge in [0, 0.05) is 12.2 Å². The zero-order chi connectivity index (χ0) is 14.5. The number of para-hydroxylation sites is 1. The smallest absolute Gasteiger partial charge is 0.0683 e. The van der Waals surface area contributed by atoms with Gasteiger partial charge >= 0.3 is 0 Å². The highest BCUT2D eigenvalue weighted by atomic mass is 14.9. The number of hydrogen-bond acceptors (Lipinski definition) is 2. The average molecular weight is 258 g/mol. The van der Waals surface area contributed by atoms with Gasteiger partial charge in [-0.15, -0.1) is 0 Å². The van der Waals surface area contributed by atoms with Crippen molar-refractivity contribution in [3.63, 3.8) is 0 Å². The quantitative estimate of drug-likeness (QED) is 0.775. The van der Waals surface area contributed by atoms with E-state index >= 15 is 0 Å². The van der Waals surface area contributed by atoms with E-state index in [1.165, 1.54) is 11.3 Å². The van der Waals surface area contributed by atoms with Crippen molar-refractivity contribution in [1.29, 1.82) is 5.26 Å². The number of nitrogens with one attached hydrogen (secondary N) is 1. The maximum Gasteiger partial charge on any atom is 0.0683 e. The summed E-state index contributed by atoms with van der Waals surface area (Å²) in [6, 6.07) is 10.8. The van der Waals surface area contributed by atoms with Gasteiger partial charge in [-0.1, -0.05) is 39.0 Å². The first-order valence-corrected chi connectivity index (χ1v) is 7.01. The number of benzene rings is 1. The standard InChI is InChI=1S/C17H26N2/c1-16(2,3)14-9-6-7-10-15(14)19-12-8-11-17(4,5)13-18/h6-7,9-10,19H,8,11-12H2,1-5H3. The Morgan fingerprint density at radius 2 is 1.74 bits per heavy atom. The normalized spacial score (nSPS) is 12.0. The third-order valence-corrected chi connectivity index (χ3v) is 3.33. The number of nitriles is 1. The van der Waals surface area contributed by atoms with Crippen LogP contribution in [0.1, 0.15) is 53.0 Å². The van der Waals surface area contributed by atoms with Crippen LogP contribution in [-0.4, -0.2) is 6.54 Å². The molecule has 0 fully saturated rings. The topological polar surface area (TPSA) is 35.8 Å². The second kappa shape index (κ2) is 6.10. The molecule has 19 heavy (non-hydrogen) atoms. The lowest BCUT2D eigenvalue weighted by Gasteiger charge is -2.23. The van der Waals surface area contributed by atoms with Crippen molar-refractivity contribution in [2.45, 2.75) is 52.9 Å². The van der Waals surface area contributed by atoms with Crippen LogP contribution < -0.4 is 5.32 Å². The van der Waals surface area contributed by atoms with E-state index in [9.17, 15) is 0 Å². The molecule has 1 aromatic rings. The summed E-state index contributed by atoms with van der Waals surface area (Å²) in [4.78, 5) is 0. The molecule has 0 aliphatic rings. The summed E-state index contributed by atoms with van der Waals surface area (Å²) in [7, 11) is 0. The zero-order valence-electron chi connectivity index (χ0n) is 12.9. The average Bonchev–Trinajstić information content (AvgIpc) is 2.34. The monoisotopic (exact) mass is 258 g/mol. The molecule has 0 atom stereocenters. The molecule has 0 saturated carbocycles. The Kier molecular flexibility index (Phi) is 5.00. The van der Waals surface area contributed by atoms with Crippen LogP contribution in [0, 0.1) is 16.7 Å². The van der Waals surface area contributed by atoms with Crippen LogP contribution >= 0.6 is 0 Å². The van der Waals surface area contributed by atoms with E-state index in [0.29, 0.717) is 0 Å². The Labute approximate surface area is 117 Å². The SMILES string of the molecule is CC(C)(C#N)CCCNc1ccccc1C(C)(C)C. The first-order valence-electron chi connectivity index (χ1n) is 7.01. The molecular formula is C17H26N2. The summed E-state index contributed by atoms with van der Waals surface area (Å²) in [6.07, 6.45) is 1.94. The Hall–Kier alpha value is -1.49. The minimum Gasteiger partial charge on any atom is -0.385 e. The Morgan fingerprint density at radius 3 is 2.32 bits per heavy atom. The molecule has 1 rings (SSSR count). The van der Waals surface area contributed by atoms with Crippen molar-refractivity contribution in [3.8, 4) is 6.07 Å². The van der Waals surface area contributed by atoms with E-state index in [1.54, 1.807) is 0 Å². The lowest BCUT2D eigenvalue weighted by atomic mass is 9.85. The van der Waals surface area contributed by atoms with Crippen LogP contribution in [0.3, 0.4) is 0 Å². The zero-order valence-corrected chi connectivity index (χ0v) is 12.9. The molecule has 0 bridgehead atoms. The van der Waals surface area contributed by atoms with E-state index in [0.717, 1.165) is 19.4 Å². The fourth-order valence-corrected chi connectivity index (χ4v) is 2.10. The minimum absolute atomic E-state index is 0.148. The van der Waals surface area contributed by atoms with E-state index in [1.807, 2.05) is 13.8 Å². The van der Waals surface area contributed by atoms with Gasteiger partial charge in [-0.25, -0.2) is 0 Å². The van der Waals surface area contributed by atoms with Crippen LogP contribution in [0.15, 0.2) is 24.3 Å². The third-order valence-electron chi connectivity index (χ3n) is 3.33. The van der Waals surface area contributed by atoms with Crippen LogP contribution in [0.2, 0.25) is 0 Å². The van der Waals surface area contributed by atoms with Crippen LogP contribution in [0.25, 0.3) is 0 Å². The largest absolute Gasteiger partial charge is 0.385 e. The van der Waals surface area contributed by atoms with E-state index in [4.69, 9.17) is 5.26 Å². The molecule has 1 aromatic carbocycles. The fourth-order valence-electron chi connectivity index (χ4n) is 2.10. The predicted molar refractivity (Wildman–Crippen MR) is 82.3 cm³/mol. The Bertz CT molecular complexity index is 447. The Balaban J connectivity index is 2.58. The van der Waals surface area contributed by atoms with E-state index in [2.05, 4.69) is 56.4 Å². The van der Waals surface area contributed by atoms with E-state index in [-0.39, 0.29) is 10.8 Å². The molecule has 2 heteroatoms. The molecule has 0 saturated heterocycles. The van der Waals surface area contributed by atoms with Crippen molar-refractivity contribution >= 4 is 5.69 Å². The fraction of sp³-hybridized carbons (Fsp3) is 0.588. The van der Waals surface area contributed by atoms with Crippen molar-refractivity contribution in [2.75, 3.05) is 11.9 Å². The van der Waals surface area contributed by atoms with Gasteiger partial charge in [-0.2, -0.15) is 5.26 Å². The molecule has 0 spiro atoms. The van der Waals surface area contributed by atoms with Crippen LogP contribution in [-0.2, 0) is 5.41 Å². The van der Waals surface area contributed by atoms with Crippen LogP contribution in [0.4, 0.5) is 5.69 Å². The number of anilines is 1. The van der Waals surface area contributed by atoms with Gasteiger partial charge in [-0.3, -0.25) is 0 Å². The second-order valence-electron chi connectivity index (χ2n) is 6.82. The molecule has 1 N–H and O–H groups in total. The lowest BCUT2D eigenvalue weighted by Crippen LogP contribution is -2.16. The summed E-state index contributed by atoms with van der Waals surface area (Å²) in [6.45, 7) is 11.6. The number of nitrogens with zero attached hydrogens (tertiary/aromatic N) is 1. The molecule has 0 aliphatic carbocycles. The minimum atomic E-state index is -0.217. The molecule has 0 aromatic heterocycles. The molecule has 0 unspecified atom stereocenters. The summed E-state index contributed by atoms with van der Waals surface area (Å²) in [5, 5.41) is 12.5. The molecular weight excluding hydrogens is 232 g/mol. The molecule has 0 amide bonds. The number of hydrogen-bond donors (Lipinski definition) is 1. The van der Waals surface area contributed by atoms with Gasteiger partial charge < -0.3 is 5.32 Å². The summed E-state index contributed by atoms with van der Waals surface area (Å²) >= 11 is 0. The molecule has 0 radical (unpaired) electrons. The van der Waals surface area contributed by atoms with Gasteiger partial charge in [-0.05, 0) is 43.7 Å². The molecule has 0 heterocycles. The van der Waals surface area contributed by atoms with Crippen molar-refractivity contribution in [3.05, 3.63) is 29.8 Å². The predicted octanol–water partition coefficient (Wildman–Crippen LogP) is 4.73. The van der Waals surface area contributed by atoms with Crippen molar-refractivity contribution in [2.24, 2.45) is 5.41 Å². The van der Waals surface area contributed by atoms with Crippen molar-refractivity contribution < 1.29 is 0 Å². The number of rotatable bonds is 5. The summed E-state index contributed by atoms with van der Waals surface area (Å²) in [5.41, 5.74) is 2.49. The highest BCUT2D eigenvalue weighted by Gasteiger charge is 2.18. The van der Waals surface area contributed by atoms with Gasteiger partial charge in [0.15, 0.2) is 0 Å². The Morgan fingerprint density at radius 1 is 1.11 bits per heavy atom. The maximum absolute atomic E-state index is 8.99. The van der Waals surface area contributed by atoms with Gasteiger partial charge in [0.2, 0.25) is 0 Å². The van der Waals surface area contributed by atoms with E-state index < -0.39 is 0 Å². The molecule has 0 aliphatic heterocycles.